The lowest BCUT2D eigenvalue weighted by Crippen LogP contribution is -2.43. The van der Waals surface area contributed by atoms with Gasteiger partial charge in [0.15, 0.2) is 0 Å². The van der Waals surface area contributed by atoms with Crippen molar-refractivity contribution >= 4 is 15.9 Å². The van der Waals surface area contributed by atoms with Crippen LogP contribution in [0, 0.1) is 5.92 Å². The topological polar surface area (TPSA) is 101 Å². The second kappa shape index (κ2) is 7.01. The van der Waals surface area contributed by atoms with Crippen molar-refractivity contribution in [3.05, 3.63) is 28.7 Å². The number of rotatable bonds is 5. The fraction of sp³-hybridized carbons (Fsp3) is 0.615. The Morgan fingerprint density at radius 2 is 2.09 bits per heavy atom. The normalized spacial score (nSPS) is 17.3. The Labute approximate surface area is 129 Å². The highest BCUT2D eigenvalue weighted by Crippen LogP contribution is 2.19. The molecule has 1 saturated heterocycles. The molecule has 8 nitrogen and oxygen atoms in total. The van der Waals surface area contributed by atoms with E-state index in [9.17, 15) is 18.0 Å². The molecule has 0 saturated carbocycles. The maximum absolute atomic E-state index is 12.0. The van der Waals surface area contributed by atoms with Gasteiger partial charge < -0.3 is 5.32 Å². The molecule has 0 unspecified atom stereocenters. The maximum Gasteiger partial charge on any atom is 0.266 e. The molecule has 1 aromatic rings. The Morgan fingerprint density at radius 3 is 2.68 bits per heavy atom. The maximum atomic E-state index is 12.0. The lowest BCUT2D eigenvalue weighted by Gasteiger charge is -2.29. The fourth-order valence-corrected chi connectivity index (χ4v) is 3.31. The highest BCUT2D eigenvalue weighted by Gasteiger charge is 2.28. The third-order valence-corrected chi connectivity index (χ3v) is 5.01. The highest BCUT2D eigenvalue weighted by molar-refractivity contribution is 7.88. The molecular weight excluding hydrogens is 308 g/mol. The van der Waals surface area contributed by atoms with Gasteiger partial charge in [-0.05, 0) is 18.9 Å². The molecule has 0 aromatic carbocycles. The third-order valence-electron chi connectivity index (χ3n) is 3.70. The van der Waals surface area contributed by atoms with E-state index in [1.807, 2.05) is 0 Å². The Balaban J connectivity index is 1.77. The van der Waals surface area contributed by atoms with Gasteiger partial charge in [0.05, 0.1) is 12.8 Å². The smallest absolute Gasteiger partial charge is 0.266 e. The van der Waals surface area contributed by atoms with Crippen LogP contribution in [-0.4, -0.2) is 54.3 Å². The number of hydrogen-bond acceptors (Lipinski definition) is 5. The predicted octanol–water partition coefficient (Wildman–Crippen LogP) is -0.969. The van der Waals surface area contributed by atoms with Crippen molar-refractivity contribution < 1.29 is 13.2 Å². The quantitative estimate of drug-likeness (QED) is 0.749. The van der Waals surface area contributed by atoms with Crippen molar-refractivity contribution in [1.82, 2.24) is 19.4 Å². The molecule has 0 aliphatic carbocycles. The molecule has 1 fully saturated rings. The van der Waals surface area contributed by atoms with Gasteiger partial charge in [-0.15, -0.1) is 0 Å². The zero-order valence-electron chi connectivity index (χ0n) is 12.4. The molecule has 0 bridgehead atoms. The fourth-order valence-electron chi connectivity index (χ4n) is 2.43. The highest BCUT2D eigenvalue weighted by atomic mass is 32.2. The second-order valence-electron chi connectivity index (χ2n) is 5.31. The van der Waals surface area contributed by atoms with Gasteiger partial charge in [-0.1, -0.05) is 0 Å². The van der Waals surface area contributed by atoms with E-state index in [1.165, 1.54) is 27.5 Å². The molecule has 22 heavy (non-hydrogen) atoms. The van der Waals surface area contributed by atoms with Crippen molar-refractivity contribution in [2.45, 2.75) is 19.4 Å². The summed E-state index contributed by atoms with van der Waals surface area (Å²) in [5.74, 6) is -0.282. The van der Waals surface area contributed by atoms with Crippen LogP contribution in [0.25, 0.3) is 0 Å². The van der Waals surface area contributed by atoms with E-state index >= 15 is 0 Å². The monoisotopic (exact) mass is 328 g/mol. The number of sulfonamides is 1. The van der Waals surface area contributed by atoms with Crippen LogP contribution in [0.5, 0.6) is 0 Å². The van der Waals surface area contributed by atoms with Gasteiger partial charge >= 0.3 is 0 Å². The Hall–Kier alpha value is -1.74. The molecule has 2 rings (SSSR count). The molecule has 2 heterocycles. The SMILES string of the molecule is CS(=O)(=O)N1CCC(C(=O)NCCn2ncccc2=O)CC1. The van der Waals surface area contributed by atoms with Gasteiger partial charge in [0.2, 0.25) is 15.9 Å². The van der Waals surface area contributed by atoms with Crippen LogP contribution in [0.3, 0.4) is 0 Å². The molecule has 1 amide bonds. The van der Waals surface area contributed by atoms with Crippen LogP contribution < -0.4 is 10.9 Å². The number of carbonyl (C=O) groups excluding carboxylic acids is 1. The van der Waals surface area contributed by atoms with Crippen LogP contribution in [0.2, 0.25) is 0 Å². The van der Waals surface area contributed by atoms with E-state index in [1.54, 1.807) is 6.07 Å². The second-order valence-corrected chi connectivity index (χ2v) is 7.29. The summed E-state index contributed by atoms with van der Waals surface area (Å²) in [4.78, 5) is 23.5. The third kappa shape index (κ3) is 4.38. The largest absolute Gasteiger partial charge is 0.354 e. The van der Waals surface area contributed by atoms with E-state index in [4.69, 9.17) is 0 Å². The summed E-state index contributed by atoms with van der Waals surface area (Å²) in [6.45, 7) is 1.38. The number of hydrogen-bond donors (Lipinski definition) is 1. The van der Waals surface area contributed by atoms with E-state index < -0.39 is 10.0 Å². The standard InChI is InChI=1S/C13H20N4O4S/c1-22(20,21)16-8-4-11(5-9-16)13(19)14-7-10-17-12(18)3-2-6-15-17/h2-3,6,11H,4-5,7-10H2,1H3,(H,14,19). The number of piperidine rings is 1. The number of carbonyl (C=O) groups is 1. The van der Waals surface area contributed by atoms with Crippen molar-refractivity contribution in [3.8, 4) is 0 Å². The van der Waals surface area contributed by atoms with E-state index in [-0.39, 0.29) is 17.4 Å². The van der Waals surface area contributed by atoms with Crippen LogP contribution in [0.1, 0.15) is 12.8 Å². The zero-order chi connectivity index (χ0) is 16.2. The lowest BCUT2D eigenvalue weighted by molar-refractivity contribution is -0.126. The minimum absolute atomic E-state index is 0.0999. The summed E-state index contributed by atoms with van der Waals surface area (Å²) in [5, 5.41) is 6.68. The summed E-state index contributed by atoms with van der Waals surface area (Å²) < 4.78 is 25.5. The number of amides is 1. The van der Waals surface area contributed by atoms with Gasteiger partial charge in [-0.25, -0.2) is 17.4 Å². The lowest BCUT2D eigenvalue weighted by atomic mass is 9.97. The van der Waals surface area contributed by atoms with Gasteiger partial charge in [0.25, 0.3) is 5.56 Å². The van der Waals surface area contributed by atoms with Gasteiger partial charge in [-0.3, -0.25) is 9.59 Å². The Kier molecular flexibility index (Phi) is 5.30. The van der Waals surface area contributed by atoms with Crippen molar-refractivity contribution in [2.24, 2.45) is 5.92 Å². The molecule has 122 valence electrons. The first-order valence-electron chi connectivity index (χ1n) is 7.13. The first-order chi connectivity index (χ1) is 10.4. The van der Waals surface area contributed by atoms with Crippen molar-refractivity contribution in [3.63, 3.8) is 0 Å². The van der Waals surface area contributed by atoms with Crippen LogP contribution >= 0.6 is 0 Å². The van der Waals surface area contributed by atoms with Crippen LogP contribution in [0.4, 0.5) is 0 Å². The molecule has 1 aliphatic rings. The predicted molar refractivity (Wildman–Crippen MR) is 80.6 cm³/mol. The minimum Gasteiger partial charge on any atom is -0.354 e. The summed E-state index contributed by atoms with van der Waals surface area (Å²) in [7, 11) is -3.18. The van der Waals surface area contributed by atoms with Gasteiger partial charge in [0.1, 0.15) is 0 Å². The molecule has 1 aromatic heterocycles. The molecule has 1 aliphatic heterocycles. The number of nitrogens with zero attached hydrogens (tertiary/aromatic N) is 3. The Morgan fingerprint density at radius 1 is 1.41 bits per heavy atom. The average molecular weight is 328 g/mol. The Bertz CT molecular complexity index is 677. The van der Waals surface area contributed by atoms with Crippen molar-refractivity contribution in [2.75, 3.05) is 25.9 Å². The first-order valence-corrected chi connectivity index (χ1v) is 8.98. The molecule has 1 N–H and O–H groups in total. The van der Waals surface area contributed by atoms with Gasteiger partial charge in [0, 0.05) is 37.8 Å². The number of aromatic nitrogens is 2. The molecular formula is C13H20N4O4S. The van der Waals surface area contributed by atoms with E-state index in [0.29, 0.717) is 39.0 Å². The van der Waals surface area contributed by atoms with Crippen molar-refractivity contribution in [1.29, 1.82) is 0 Å². The summed E-state index contributed by atoms with van der Waals surface area (Å²) in [5.41, 5.74) is -0.210. The first kappa shape index (κ1) is 16.6. The van der Waals surface area contributed by atoms with Crippen LogP contribution in [0.15, 0.2) is 23.1 Å². The average Bonchev–Trinajstić information content (AvgIpc) is 2.48. The summed E-state index contributed by atoms with van der Waals surface area (Å²) in [6, 6.07) is 2.97. The zero-order valence-corrected chi connectivity index (χ0v) is 13.3. The number of nitrogens with one attached hydrogen (secondary N) is 1. The van der Waals surface area contributed by atoms with E-state index in [0.717, 1.165) is 0 Å². The molecule has 0 atom stereocenters. The minimum atomic E-state index is -3.18. The molecule has 0 radical (unpaired) electrons. The van der Waals surface area contributed by atoms with E-state index in [2.05, 4.69) is 10.4 Å². The molecule has 0 spiro atoms. The molecule has 9 heteroatoms. The summed E-state index contributed by atoms with van der Waals surface area (Å²) >= 11 is 0. The van der Waals surface area contributed by atoms with Crippen LogP contribution in [-0.2, 0) is 21.4 Å². The van der Waals surface area contributed by atoms with Gasteiger partial charge in [-0.2, -0.15) is 5.10 Å². The summed E-state index contributed by atoms with van der Waals surface area (Å²) in [6.07, 6.45) is 3.73.